The first-order valence-corrected chi connectivity index (χ1v) is 10.6. The molecule has 0 unspecified atom stereocenters. The summed E-state index contributed by atoms with van der Waals surface area (Å²) in [7, 11) is -3.08. The van der Waals surface area contributed by atoms with Crippen LogP contribution >= 0.6 is 0 Å². The smallest absolute Gasteiger partial charge is 0.273 e. The highest BCUT2D eigenvalue weighted by Crippen LogP contribution is 2.46. The number of halogens is 4. The molecule has 2 aromatic rings. The molecule has 1 saturated heterocycles. The second-order valence-electron chi connectivity index (χ2n) is 7.37. The molecule has 1 heterocycles. The summed E-state index contributed by atoms with van der Waals surface area (Å²) >= 11 is 0. The lowest BCUT2D eigenvalue weighted by Gasteiger charge is -2.46. The summed E-state index contributed by atoms with van der Waals surface area (Å²) in [6, 6.07) is 7.50. The Bertz CT molecular complexity index is 1090. The third-order valence-corrected chi connectivity index (χ3v) is 7.75. The van der Waals surface area contributed by atoms with Crippen LogP contribution in [0.4, 0.5) is 17.6 Å². The Morgan fingerprint density at radius 2 is 1.77 bits per heavy atom. The van der Waals surface area contributed by atoms with Gasteiger partial charge in [0.05, 0.1) is 5.54 Å². The highest BCUT2D eigenvalue weighted by molar-refractivity contribution is 7.90. The summed E-state index contributed by atoms with van der Waals surface area (Å²) in [6.45, 7) is 2.71. The Morgan fingerprint density at radius 3 is 2.30 bits per heavy atom. The Kier molecular flexibility index (Phi) is 5.34. The van der Waals surface area contributed by atoms with Crippen LogP contribution in [-0.4, -0.2) is 25.7 Å². The maximum absolute atomic E-state index is 14.7. The standard InChI is InChI=1S/C20H21F4N3O2S/c1-4-20(23,24)13-7-5-12(6-8-13)17-19(2,15-10-9-14(21)11-16(15)22)26-18(25)27(3)30(17,28)29/h5-11,17H,4H2,1-3H3,(H2,25,26)/t17-,19-/m1/s1. The van der Waals surface area contributed by atoms with Gasteiger partial charge in [0.2, 0.25) is 16.0 Å². The number of benzene rings is 2. The van der Waals surface area contributed by atoms with Crippen molar-refractivity contribution in [2.75, 3.05) is 7.05 Å². The predicted octanol–water partition coefficient (Wildman–Crippen LogP) is 4.22. The third kappa shape index (κ3) is 3.42. The van der Waals surface area contributed by atoms with Crippen LogP contribution in [-0.2, 0) is 21.5 Å². The van der Waals surface area contributed by atoms with Gasteiger partial charge in [0, 0.05) is 30.7 Å². The minimum atomic E-state index is -4.24. The molecule has 1 aliphatic heterocycles. The van der Waals surface area contributed by atoms with Crippen molar-refractivity contribution in [3.05, 3.63) is 70.8 Å². The molecule has 0 aliphatic carbocycles. The highest BCUT2D eigenvalue weighted by atomic mass is 32.2. The van der Waals surface area contributed by atoms with Gasteiger partial charge < -0.3 is 5.32 Å². The lowest BCUT2D eigenvalue weighted by Crippen LogP contribution is -2.62. The number of hydrogen-bond donors (Lipinski definition) is 2. The summed E-state index contributed by atoms with van der Waals surface area (Å²) in [5.41, 5.74) is -2.01. The minimum Gasteiger partial charge on any atom is -0.345 e. The van der Waals surface area contributed by atoms with Crippen molar-refractivity contribution >= 4 is 16.0 Å². The molecule has 2 aromatic carbocycles. The second-order valence-corrected chi connectivity index (χ2v) is 9.42. The van der Waals surface area contributed by atoms with E-state index in [9.17, 15) is 26.0 Å². The van der Waals surface area contributed by atoms with Crippen LogP contribution in [0.15, 0.2) is 42.5 Å². The van der Waals surface area contributed by atoms with Gasteiger partial charge in [-0.1, -0.05) is 37.3 Å². The molecule has 5 nitrogen and oxygen atoms in total. The molecular weight excluding hydrogens is 422 g/mol. The predicted molar refractivity (Wildman–Crippen MR) is 105 cm³/mol. The van der Waals surface area contributed by atoms with E-state index in [0.717, 1.165) is 31.3 Å². The van der Waals surface area contributed by atoms with Gasteiger partial charge in [-0.05, 0) is 18.6 Å². The van der Waals surface area contributed by atoms with Crippen molar-refractivity contribution in [2.24, 2.45) is 0 Å². The van der Waals surface area contributed by atoms with Crippen molar-refractivity contribution in [3.63, 3.8) is 0 Å². The number of hydrogen-bond acceptors (Lipinski definition) is 3. The van der Waals surface area contributed by atoms with Gasteiger partial charge in [0.25, 0.3) is 5.92 Å². The van der Waals surface area contributed by atoms with Gasteiger partial charge >= 0.3 is 0 Å². The van der Waals surface area contributed by atoms with Gasteiger partial charge in [-0.2, -0.15) is 0 Å². The van der Waals surface area contributed by atoms with E-state index in [-0.39, 0.29) is 16.7 Å². The van der Waals surface area contributed by atoms with Crippen LogP contribution in [0.1, 0.15) is 42.2 Å². The van der Waals surface area contributed by atoms with Crippen LogP contribution < -0.4 is 5.32 Å². The summed E-state index contributed by atoms with van der Waals surface area (Å²) in [5, 5.41) is 9.24. The molecule has 0 spiro atoms. The number of guanidine groups is 1. The Labute approximate surface area is 172 Å². The van der Waals surface area contributed by atoms with E-state index in [4.69, 9.17) is 5.41 Å². The van der Waals surface area contributed by atoms with Gasteiger partial charge in [-0.15, -0.1) is 0 Å². The minimum absolute atomic E-state index is 0.128. The van der Waals surface area contributed by atoms with Crippen molar-refractivity contribution in [2.45, 2.75) is 37.0 Å². The van der Waals surface area contributed by atoms with Crippen LogP contribution in [0.5, 0.6) is 0 Å². The molecule has 1 aliphatic rings. The summed E-state index contributed by atoms with van der Waals surface area (Å²) in [6.07, 6.45) is -0.423. The summed E-state index contributed by atoms with van der Waals surface area (Å²) in [4.78, 5) is 0. The van der Waals surface area contributed by atoms with E-state index in [0.29, 0.717) is 10.4 Å². The summed E-state index contributed by atoms with van der Waals surface area (Å²) in [5.74, 6) is -5.40. The largest absolute Gasteiger partial charge is 0.345 e. The molecule has 2 atom stereocenters. The normalized spacial score (nSPS) is 23.9. The molecule has 0 aromatic heterocycles. The van der Waals surface area contributed by atoms with Crippen LogP contribution in [0.25, 0.3) is 0 Å². The monoisotopic (exact) mass is 443 g/mol. The number of nitrogens with one attached hydrogen (secondary N) is 2. The molecule has 3 rings (SSSR count). The quantitative estimate of drug-likeness (QED) is 0.695. The molecule has 0 radical (unpaired) electrons. The van der Waals surface area contributed by atoms with Crippen molar-refractivity contribution in [1.29, 1.82) is 5.41 Å². The fraction of sp³-hybridized carbons (Fsp3) is 0.350. The Balaban J connectivity index is 2.22. The average Bonchev–Trinajstić information content (AvgIpc) is 2.66. The Hall–Kier alpha value is -2.62. The van der Waals surface area contributed by atoms with Crippen LogP contribution in [0, 0.1) is 17.0 Å². The zero-order valence-corrected chi connectivity index (χ0v) is 17.3. The van der Waals surface area contributed by atoms with Crippen molar-refractivity contribution in [3.8, 4) is 0 Å². The fourth-order valence-corrected chi connectivity index (χ4v) is 5.60. The Morgan fingerprint density at radius 1 is 1.17 bits per heavy atom. The second kappa shape index (κ2) is 7.26. The molecule has 0 amide bonds. The first-order chi connectivity index (χ1) is 13.8. The van der Waals surface area contributed by atoms with E-state index in [1.165, 1.54) is 26.0 Å². The first-order valence-electron chi connectivity index (χ1n) is 9.13. The van der Waals surface area contributed by atoms with E-state index < -0.39 is 50.7 Å². The zero-order valence-electron chi connectivity index (χ0n) is 16.5. The third-order valence-electron chi connectivity index (χ3n) is 5.47. The molecule has 0 bridgehead atoms. The average molecular weight is 443 g/mol. The molecule has 0 saturated carbocycles. The fourth-order valence-electron chi connectivity index (χ4n) is 3.70. The molecule has 162 valence electrons. The molecule has 2 N–H and O–H groups in total. The zero-order chi connectivity index (χ0) is 22.5. The van der Waals surface area contributed by atoms with E-state index >= 15 is 0 Å². The van der Waals surface area contributed by atoms with Gasteiger partial charge in [0.1, 0.15) is 16.9 Å². The van der Waals surface area contributed by atoms with Crippen molar-refractivity contribution < 1.29 is 26.0 Å². The molecule has 1 fully saturated rings. The summed E-state index contributed by atoms with van der Waals surface area (Å²) < 4.78 is 83.2. The van der Waals surface area contributed by atoms with Crippen LogP contribution in [0.2, 0.25) is 0 Å². The van der Waals surface area contributed by atoms with Gasteiger partial charge in [-0.25, -0.2) is 30.3 Å². The molecule has 30 heavy (non-hydrogen) atoms. The lowest BCUT2D eigenvalue weighted by molar-refractivity contribution is -0.00829. The van der Waals surface area contributed by atoms with E-state index in [2.05, 4.69) is 5.32 Å². The van der Waals surface area contributed by atoms with Gasteiger partial charge in [0.15, 0.2) is 0 Å². The lowest BCUT2D eigenvalue weighted by atomic mass is 9.84. The number of rotatable bonds is 4. The molecule has 10 heteroatoms. The number of nitrogens with zero attached hydrogens (tertiary/aromatic N) is 1. The van der Waals surface area contributed by atoms with E-state index in [1.807, 2.05) is 0 Å². The topological polar surface area (TPSA) is 73.3 Å². The highest BCUT2D eigenvalue weighted by Gasteiger charge is 2.53. The first kappa shape index (κ1) is 22.1. The maximum atomic E-state index is 14.7. The molecular formula is C20H21F4N3O2S. The number of sulfonamides is 1. The SMILES string of the molecule is CCC(F)(F)c1ccc([C@@H]2[C@@](C)(c3ccc(F)cc3F)NC(=N)N(C)S2(=O)=O)cc1. The van der Waals surface area contributed by atoms with Crippen molar-refractivity contribution in [1.82, 2.24) is 9.62 Å². The van der Waals surface area contributed by atoms with Gasteiger partial charge in [-0.3, -0.25) is 5.41 Å². The van der Waals surface area contributed by atoms with E-state index in [1.54, 1.807) is 0 Å². The van der Waals surface area contributed by atoms with Crippen LogP contribution in [0.3, 0.4) is 0 Å². The number of alkyl halides is 2. The maximum Gasteiger partial charge on any atom is 0.273 e.